The van der Waals surface area contributed by atoms with Crippen molar-refractivity contribution in [3.05, 3.63) is 95.6 Å². The third kappa shape index (κ3) is 4.76. The molecule has 3 aromatic carbocycles. The Morgan fingerprint density at radius 3 is 1.93 bits per heavy atom. The van der Waals surface area contributed by atoms with Gasteiger partial charge in [-0.2, -0.15) is 10.2 Å². The molecule has 2 nitrogen and oxygen atoms in total. The van der Waals surface area contributed by atoms with E-state index in [0.29, 0.717) is 5.92 Å². The molecular weight excluding hydrogens is 364 g/mol. The number of nitrogens with zero attached hydrogens (tertiary/aromatic N) is 2. The summed E-state index contributed by atoms with van der Waals surface area (Å²) in [6.07, 6.45) is 9.39. The van der Waals surface area contributed by atoms with E-state index in [-0.39, 0.29) is 0 Å². The molecule has 4 rings (SSSR count). The van der Waals surface area contributed by atoms with Gasteiger partial charge >= 0.3 is 0 Å². The molecule has 0 amide bonds. The molecule has 3 aromatic rings. The molecule has 1 aliphatic rings. The van der Waals surface area contributed by atoms with Gasteiger partial charge in [0.05, 0.1) is 0 Å². The summed E-state index contributed by atoms with van der Waals surface area (Å²) in [5.74, 6) is 0.417. The molecule has 1 aliphatic carbocycles. The van der Waals surface area contributed by atoms with Gasteiger partial charge in [-0.05, 0) is 29.5 Å². The smallest absolute Gasteiger partial charge is 0.101 e. The SMILES string of the molecule is CCCCCC[C@H](/C=N\N=C1c2ccccc2-c2ccccc21)Cc1ccccc1. The van der Waals surface area contributed by atoms with Crippen molar-refractivity contribution in [2.24, 2.45) is 16.1 Å². The Morgan fingerprint density at radius 2 is 1.30 bits per heavy atom. The lowest BCUT2D eigenvalue weighted by Crippen LogP contribution is -2.07. The average molecular weight is 395 g/mol. The summed E-state index contributed by atoms with van der Waals surface area (Å²) in [5, 5.41) is 9.33. The summed E-state index contributed by atoms with van der Waals surface area (Å²) in [4.78, 5) is 0. The highest BCUT2D eigenvalue weighted by Crippen LogP contribution is 2.36. The van der Waals surface area contributed by atoms with Crippen molar-refractivity contribution in [1.29, 1.82) is 0 Å². The Morgan fingerprint density at radius 1 is 0.700 bits per heavy atom. The quantitative estimate of drug-likeness (QED) is 0.161. The minimum Gasteiger partial charge on any atom is -0.163 e. The van der Waals surface area contributed by atoms with Gasteiger partial charge in [-0.25, -0.2) is 0 Å². The predicted molar refractivity (Wildman–Crippen MR) is 128 cm³/mol. The number of rotatable bonds is 9. The molecule has 0 saturated carbocycles. The Balaban J connectivity index is 1.55. The van der Waals surface area contributed by atoms with Crippen molar-refractivity contribution in [1.82, 2.24) is 0 Å². The van der Waals surface area contributed by atoms with E-state index in [4.69, 9.17) is 5.10 Å². The number of hydrogen-bond donors (Lipinski definition) is 0. The molecule has 0 spiro atoms. The molecule has 0 fully saturated rings. The van der Waals surface area contributed by atoms with Crippen LogP contribution in [0.3, 0.4) is 0 Å². The number of benzene rings is 3. The van der Waals surface area contributed by atoms with E-state index in [1.54, 1.807) is 0 Å². The van der Waals surface area contributed by atoms with Gasteiger partial charge in [0, 0.05) is 23.3 Å². The molecular formula is C28H30N2. The van der Waals surface area contributed by atoms with Gasteiger partial charge in [-0.3, -0.25) is 0 Å². The van der Waals surface area contributed by atoms with Crippen LogP contribution < -0.4 is 0 Å². The highest BCUT2D eigenvalue weighted by Gasteiger charge is 2.23. The van der Waals surface area contributed by atoms with Crippen LogP contribution in [0.1, 0.15) is 55.7 Å². The summed E-state index contributed by atoms with van der Waals surface area (Å²) in [6, 6.07) is 27.7. The summed E-state index contributed by atoms with van der Waals surface area (Å²) in [6.45, 7) is 2.26. The number of hydrogen-bond acceptors (Lipinski definition) is 2. The zero-order valence-electron chi connectivity index (χ0n) is 17.8. The lowest BCUT2D eigenvalue weighted by molar-refractivity contribution is 0.555. The van der Waals surface area contributed by atoms with Gasteiger partial charge in [0.15, 0.2) is 0 Å². The largest absolute Gasteiger partial charge is 0.163 e. The van der Waals surface area contributed by atoms with Gasteiger partial charge in [-0.15, -0.1) is 0 Å². The van der Waals surface area contributed by atoms with Crippen LogP contribution in [0, 0.1) is 5.92 Å². The zero-order chi connectivity index (χ0) is 20.6. The van der Waals surface area contributed by atoms with Crippen LogP contribution in [-0.4, -0.2) is 11.9 Å². The summed E-state index contributed by atoms with van der Waals surface area (Å²) >= 11 is 0. The highest BCUT2D eigenvalue weighted by atomic mass is 15.2. The van der Waals surface area contributed by atoms with Crippen LogP contribution in [-0.2, 0) is 6.42 Å². The van der Waals surface area contributed by atoms with E-state index < -0.39 is 0 Å². The fourth-order valence-electron chi connectivity index (χ4n) is 4.27. The molecule has 0 bridgehead atoms. The van der Waals surface area contributed by atoms with Crippen LogP contribution in [0.5, 0.6) is 0 Å². The minimum atomic E-state index is 0.417. The standard InChI is InChI=1S/C28H30N2/c1-2-3-4-6-15-23(20-22-13-7-5-8-14-22)21-29-30-28-26-18-11-9-16-24(26)25-17-10-12-19-27(25)28/h5,7-14,16-19,21,23H,2-4,6,15,20H2,1H3/b29-21-/t23-/m0/s1. The van der Waals surface area contributed by atoms with Crippen molar-refractivity contribution >= 4 is 11.9 Å². The van der Waals surface area contributed by atoms with Gasteiger partial charge in [0.1, 0.15) is 5.71 Å². The van der Waals surface area contributed by atoms with Crippen molar-refractivity contribution in [3.8, 4) is 11.1 Å². The molecule has 0 aromatic heterocycles. The van der Waals surface area contributed by atoms with Gasteiger partial charge < -0.3 is 0 Å². The van der Waals surface area contributed by atoms with Crippen LogP contribution in [0.15, 0.2) is 89.1 Å². The summed E-state index contributed by atoms with van der Waals surface area (Å²) < 4.78 is 0. The zero-order valence-corrected chi connectivity index (χ0v) is 17.8. The molecule has 0 heterocycles. The highest BCUT2D eigenvalue weighted by molar-refractivity contribution is 6.24. The topological polar surface area (TPSA) is 24.7 Å². The fraction of sp³-hybridized carbons (Fsp3) is 0.286. The second-order valence-electron chi connectivity index (χ2n) is 8.10. The molecule has 0 unspecified atom stereocenters. The summed E-state index contributed by atoms with van der Waals surface area (Å²) in [7, 11) is 0. The summed E-state index contributed by atoms with van der Waals surface area (Å²) in [5.41, 5.74) is 7.22. The monoisotopic (exact) mass is 394 g/mol. The van der Waals surface area contributed by atoms with E-state index >= 15 is 0 Å². The molecule has 0 saturated heterocycles. The van der Waals surface area contributed by atoms with E-state index in [1.165, 1.54) is 53.5 Å². The Kier molecular flexibility index (Phi) is 6.87. The molecule has 152 valence electrons. The van der Waals surface area contributed by atoms with Crippen LogP contribution in [0.25, 0.3) is 11.1 Å². The minimum absolute atomic E-state index is 0.417. The molecule has 30 heavy (non-hydrogen) atoms. The van der Waals surface area contributed by atoms with Crippen molar-refractivity contribution < 1.29 is 0 Å². The predicted octanol–water partition coefficient (Wildman–Crippen LogP) is 7.32. The molecule has 0 N–H and O–H groups in total. The molecule has 1 atom stereocenters. The van der Waals surface area contributed by atoms with Gasteiger partial charge in [-0.1, -0.05) is 111 Å². The fourth-order valence-corrected chi connectivity index (χ4v) is 4.27. The molecule has 0 radical (unpaired) electrons. The maximum absolute atomic E-state index is 4.72. The Bertz CT molecular complexity index is 970. The first-order valence-corrected chi connectivity index (χ1v) is 11.2. The lowest BCUT2D eigenvalue weighted by atomic mass is 9.94. The van der Waals surface area contributed by atoms with Crippen molar-refractivity contribution in [2.45, 2.75) is 45.4 Å². The Labute approximate surface area is 180 Å². The van der Waals surface area contributed by atoms with Crippen molar-refractivity contribution in [3.63, 3.8) is 0 Å². The van der Waals surface area contributed by atoms with Crippen LogP contribution in [0.2, 0.25) is 0 Å². The molecule has 2 heteroatoms. The second-order valence-corrected chi connectivity index (χ2v) is 8.10. The first-order chi connectivity index (χ1) is 14.9. The first-order valence-electron chi connectivity index (χ1n) is 11.2. The van der Waals surface area contributed by atoms with E-state index in [1.807, 2.05) is 0 Å². The normalized spacial score (nSPS) is 13.3. The third-order valence-electron chi connectivity index (χ3n) is 5.86. The molecule has 0 aliphatic heterocycles. The first kappa shape index (κ1) is 20.3. The van der Waals surface area contributed by atoms with E-state index in [2.05, 4.69) is 97.1 Å². The van der Waals surface area contributed by atoms with Crippen molar-refractivity contribution in [2.75, 3.05) is 0 Å². The van der Waals surface area contributed by atoms with Gasteiger partial charge in [0.25, 0.3) is 0 Å². The van der Waals surface area contributed by atoms with Gasteiger partial charge in [0.2, 0.25) is 0 Å². The van der Waals surface area contributed by atoms with E-state index in [9.17, 15) is 0 Å². The average Bonchev–Trinajstić information content (AvgIpc) is 3.11. The second kappa shape index (κ2) is 10.2. The lowest BCUT2D eigenvalue weighted by Gasteiger charge is -2.11. The Hall–Kier alpha value is -3.00. The van der Waals surface area contributed by atoms with Crippen LogP contribution >= 0.6 is 0 Å². The number of fused-ring (bicyclic) bond motifs is 3. The van der Waals surface area contributed by atoms with E-state index in [0.717, 1.165) is 18.6 Å². The third-order valence-corrected chi connectivity index (χ3v) is 5.86. The van der Waals surface area contributed by atoms with Crippen LogP contribution in [0.4, 0.5) is 0 Å². The maximum atomic E-state index is 4.72. The maximum Gasteiger partial charge on any atom is 0.101 e. The number of unbranched alkanes of at least 4 members (excludes halogenated alkanes) is 3.